The minimum absolute atomic E-state index is 0.0465. The summed E-state index contributed by atoms with van der Waals surface area (Å²) >= 11 is 0. The molecule has 3 rings (SSSR count). The average molecular weight is 393 g/mol. The Bertz CT molecular complexity index is 799. The molecule has 1 aliphatic rings. The van der Waals surface area contributed by atoms with Crippen molar-refractivity contribution >= 4 is 5.91 Å². The molecule has 1 aromatic carbocycles. The first-order chi connectivity index (χ1) is 13.4. The van der Waals surface area contributed by atoms with Gasteiger partial charge in [0, 0.05) is 24.2 Å². The molecule has 1 amide bonds. The smallest absolute Gasteiger partial charge is 0.350 e. The molecule has 0 spiro atoms. The molecule has 1 aromatic heterocycles. The fourth-order valence-corrected chi connectivity index (χ4v) is 3.77. The molecule has 152 valence electrons. The van der Waals surface area contributed by atoms with Crippen LogP contribution in [0.1, 0.15) is 67.6 Å². The molecular formula is C21H26F3N3O. The Labute approximate surface area is 163 Å². The van der Waals surface area contributed by atoms with Gasteiger partial charge < -0.3 is 5.32 Å². The van der Waals surface area contributed by atoms with Crippen LogP contribution in [-0.2, 0) is 30.4 Å². The van der Waals surface area contributed by atoms with Gasteiger partial charge in [0.2, 0.25) is 5.91 Å². The first kappa shape index (κ1) is 20.4. The normalized spacial score (nSPS) is 15.1. The van der Waals surface area contributed by atoms with Crippen molar-refractivity contribution in [3.8, 4) is 0 Å². The number of hydrogen-bond acceptors (Lipinski definition) is 2. The van der Waals surface area contributed by atoms with Gasteiger partial charge in [0.25, 0.3) is 0 Å². The van der Waals surface area contributed by atoms with Gasteiger partial charge in [-0.1, -0.05) is 30.3 Å². The second kappa shape index (κ2) is 8.80. The highest BCUT2D eigenvalue weighted by Gasteiger charge is 2.39. The van der Waals surface area contributed by atoms with Crippen molar-refractivity contribution in [2.45, 2.75) is 70.6 Å². The van der Waals surface area contributed by atoms with Gasteiger partial charge in [0.15, 0.2) is 5.69 Å². The molecule has 2 aromatic rings. The quantitative estimate of drug-likeness (QED) is 0.685. The molecule has 0 fully saturated rings. The zero-order chi connectivity index (χ0) is 20.1. The van der Waals surface area contributed by atoms with Gasteiger partial charge in [-0.3, -0.25) is 9.48 Å². The van der Waals surface area contributed by atoms with Crippen LogP contribution in [0.25, 0.3) is 0 Å². The molecule has 0 saturated carbocycles. The minimum Gasteiger partial charge on any atom is -0.350 e. The molecule has 0 bridgehead atoms. The summed E-state index contributed by atoms with van der Waals surface area (Å²) in [6.07, 6.45) is -0.0382. The van der Waals surface area contributed by atoms with Crippen molar-refractivity contribution in [1.29, 1.82) is 0 Å². The van der Waals surface area contributed by atoms with Gasteiger partial charge in [-0.25, -0.2) is 0 Å². The van der Waals surface area contributed by atoms with Crippen molar-refractivity contribution in [2.75, 3.05) is 0 Å². The van der Waals surface area contributed by atoms with Gasteiger partial charge in [-0.05, 0) is 51.0 Å². The van der Waals surface area contributed by atoms with Gasteiger partial charge in [-0.15, -0.1) is 0 Å². The second-order valence-corrected chi connectivity index (χ2v) is 7.36. The maximum atomic E-state index is 13.2. The van der Waals surface area contributed by atoms with Crippen molar-refractivity contribution in [3.05, 3.63) is 52.8 Å². The molecular weight excluding hydrogens is 367 g/mol. The number of carbonyl (C=O) groups is 1. The number of alkyl halides is 3. The summed E-state index contributed by atoms with van der Waals surface area (Å²) in [5, 5.41) is 6.82. The van der Waals surface area contributed by atoms with E-state index in [4.69, 9.17) is 0 Å². The number of hydrogen-bond donors (Lipinski definition) is 1. The Morgan fingerprint density at radius 1 is 1.18 bits per heavy atom. The van der Waals surface area contributed by atoms with Crippen molar-refractivity contribution < 1.29 is 18.0 Å². The van der Waals surface area contributed by atoms with Crippen LogP contribution in [0.15, 0.2) is 30.3 Å². The highest BCUT2D eigenvalue weighted by Crippen LogP contribution is 2.35. The molecule has 7 heteroatoms. The van der Waals surface area contributed by atoms with E-state index < -0.39 is 11.9 Å². The summed E-state index contributed by atoms with van der Waals surface area (Å²) in [6.45, 7) is 2.35. The Morgan fingerprint density at radius 2 is 1.89 bits per heavy atom. The van der Waals surface area contributed by atoms with E-state index in [0.29, 0.717) is 44.2 Å². The monoisotopic (exact) mass is 393 g/mol. The Hall–Kier alpha value is -2.31. The van der Waals surface area contributed by atoms with Crippen LogP contribution in [0.3, 0.4) is 0 Å². The summed E-state index contributed by atoms with van der Waals surface area (Å²) in [7, 11) is 0. The van der Waals surface area contributed by atoms with Crippen LogP contribution >= 0.6 is 0 Å². The SMILES string of the molecule is CC(NC(=O)CCCCn1nc(C(F)(F)F)c2c1CCCC2)c1ccccc1. The molecule has 1 atom stereocenters. The molecule has 1 unspecified atom stereocenters. The van der Waals surface area contributed by atoms with E-state index in [-0.39, 0.29) is 11.9 Å². The van der Waals surface area contributed by atoms with Gasteiger partial charge in [-0.2, -0.15) is 18.3 Å². The van der Waals surface area contributed by atoms with Crippen molar-refractivity contribution in [3.63, 3.8) is 0 Å². The summed E-state index contributed by atoms with van der Waals surface area (Å²) in [6, 6.07) is 9.64. The largest absolute Gasteiger partial charge is 0.435 e. The lowest BCUT2D eigenvalue weighted by molar-refractivity contribution is -0.142. The number of aryl methyl sites for hydroxylation is 1. The number of fused-ring (bicyclic) bond motifs is 1. The number of nitrogens with one attached hydrogen (secondary N) is 1. The number of amides is 1. The molecule has 0 saturated heterocycles. The molecule has 0 radical (unpaired) electrons. The standard InChI is InChI=1S/C21H26F3N3O/c1-15(16-9-3-2-4-10-16)25-19(28)13-7-8-14-27-18-12-6-5-11-17(18)20(26-27)21(22,23)24/h2-4,9-10,15H,5-8,11-14H2,1H3,(H,25,28). The number of rotatable bonds is 7. The molecule has 0 aliphatic heterocycles. The number of halogens is 3. The molecule has 4 nitrogen and oxygen atoms in total. The van der Waals surface area contributed by atoms with Crippen LogP contribution < -0.4 is 5.32 Å². The van der Waals surface area contributed by atoms with E-state index in [2.05, 4.69) is 10.4 Å². The molecule has 1 N–H and O–H groups in total. The Kier molecular flexibility index (Phi) is 6.42. The fraction of sp³-hybridized carbons (Fsp3) is 0.524. The molecule has 28 heavy (non-hydrogen) atoms. The zero-order valence-corrected chi connectivity index (χ0v) is 16.1. The number of nitrogens with zero attached hydrogens (tertiary/aromatic N) is 2. The van der Waals surface area contributed by atoms with E-state index in [1.165, 1.54) is 4.68 Å². The van der Waals surface area contributed by atoms with E-state index in [1.54, 1.807) is 0 Å². The molecule has 1 heterocycles. The number of aromatic nitrogens is 2. The highest BCUT2D eigenvalue weighted by molar-refractivity contribution is 5.76. The van der Waals surface area contributed by atoms with Crippen LogP contribution in [0, 0.1) is 0 Å². The Morgan fingerprint density at radius 3 is 2.61 bits per heavy atom. The van der Waals surface area contributed by atoms with E-state index in [0.717, 1.165) is 24.1 Å². The first-order valence-corrected chi connectivity index (χ1v) is 9.86. The predicted molar refractivity (Wildman–Crippen MR) is 101 cm³/mol. The Balaban J connectivity index is 1.50. The zero-order valence-electron chi connectivity index (χ0n) is 16.1. The first-order valence-electron chi connectivity index (χ1n) is 9.86. The van der Waals surface area contributed by atoms with Gasteiger partial charge in [0.05, 0.1) is 6.04 Å². The summed E-state index contributed by atoms with van der Waals surface area (Å²) in [5.74, 6) is -0.0465. The third kappa shape index (κ3) is 4.94. The van der Waals surface area contributed by atoms with Gasteiger partial charge >= 0.3 is 6.18 Å². The lowest BCUT2D eigenvalue weighted by Gasteiger charge is -2.15. The van der Waals surface area contributed by atoms with Crippen LogP contribution in [0.2, 0.25) is 0 Å². The highest BCUT2D eigenvalue weighted by atomic mass is 19.4. The predicted octanol–water partition coefficient (Wildman–Crippen LogP) is 4.83. The fourth-order valence-electron chi connectivity index (χ4n) is 3.77. The number of unbranched alkanes of at least 4 members (excludes halogenated alkanes) is 1. The lowest BCUT2D eigenvalue weighted by atomic mass is 9.95. The number of carbonyl (C=O) groups excluding carboxylic acids is 1. The van der Waals surface area contributed by atoms with E-state index in [1.807, 2.05) is 37.3 Å². The minimum atomic E-state index is -4.40. The second-order valence-electron chi connectivity index (χ2n) is 7.36. The van der Waals surface area contributed by atoms with E-state index >= 15 is 0 Å². The van der Waals surface area contributed by atoms with Crippen molar-refractivity contribution in [1.82, 2.24) is 15.1 Å². The maximum absolute atomic E-state index is 13.2. The molecule has 1 aliphatic carbocycles. The van der Waals surface area contributed by atoms with E-state index in [9.17, 15) is 18.0 Å². The van der Waals surface area contributed by atoms with Crippen LogP contribution in [0.4, 0.5) is 13.2 Å². The average Bonchev–Trinajstić information content (AvgIpc) is 3.05. The lowest BCUT2D eigenvalue weighted by Crippen LogP contribution is -2.26. The maximum Gasteiger partial charge on any atom is 0.435 e. The topological polar surface area (TPSA) is 46.9 Å². The van der Waals surface area contributed by atoms with Crippen LogP contribution in [-0.4, -0.2) is 15.7 Å². The van der Waals surface area contributed by atoms with Gasteiger partial charge in [0.1, 0.15) is 0 Å². The third-order valence-corrected chi connectivity index (χ3v) is 5.23. The summed E-state index contributed by atoms with van der Waals surface area (Å²) in [4.78, 5) is 12.1. The third-order valence-electron chi connectivity index (χ3n) is 5.23. The summed E-state index contributed by atoms with van der Waals surface area (Å²) in [5.41, 5.74) is 1.41. The van der Waals surface area contributed by atoms with Crippen LogP contribution in [0.5, 0.6) is 0 Å². The van der Waals surface area contributed by atoms with Crippen molar-refractivity contribution in [2.24, 2.45) is 0 Å². The number of benzene rings is 1. The summed E-state index contributed by atoms with van der Waals surface area (Å²) < 4.78 is 41.2.